The zero-order valence-electron chi connectivity index (χ0n) is 20.1. The van der Waals surface area contributed by atoms with Crippen LogP contribution in [0.3, 0.4) is 0 Å². The van der Waals surface area contributed by atoms with E-state index < -0.39 is 6.04 Å². The highest BCUT2D eigenvalue weighted by Crippen LogP contribution is 2.28. The SMILES string of the molecule is CCCCNC(=O)C(Cc1ccccc1)N(Cc1ccc(F)cc1)C(=O)COc1ccc(Cl)cc1Br. The van der Waals surface area contributed by atoms with Gasteiger partial charge in [0, 0.05) is 24.5 Å². The summed E-state index contributed by atoms with van der Waals surface area (Å²) in [6.07, 6.45) is 2.10. The molecule has 1 unspecified atom stereocenters. The first-order valence-corrected chi connectivity index (χ1v) is 13.0. The number of hydrogen-bond acceptors (Lipinski definition) is 3. The molecule has 0 saturated heterocycles. The fourth-order valence-electron chi connectivity index (χ4n) is 3.66. The van der Waals surface area contributed by atoms with Crippen molar-refractivity contribution >= 4 is 39.3 Å². The summed E-state index contributed by atoms with van der Waals surface area (Å²) < 4.78 is 19.9. The molecule has 1 atom stereocenters. The first-order valence-electron chi connectivity index (χ1n) is 11.8. The van der Waals surface area contributed by atoms with Crippen molar-refractivity contribution in [3.63, 3.8) is 0 Å². The smallest absolute Gasteiger partial charge is 0.261 e. The topological polar surface area (TPSA) is 58.6 Å². The largest absolute Gasteiger partial charge is 0.483 e. The van der Waals surface area contributed by atoms with E-state index in [0.29, 0.717) is 33.8 Å². The van der Waals surface area contributed by atoms with Gasteiger partial charge in [0.25, 0.3) is 5.91 Å². The van der Waals surface area contributed by atoms with Crippen molar-refractivity contribution in [2.24, 2.45) is 0 Å². The number of halogens is 3. The summed E-state index contributed by atoms with van der Waals surface area (Å²) in [6, 6.07) is 19.7. The molecule has 2 amide bonds. The van der Waals surface area contributed by atoms with Gasteiger partial charge in [-0.3, -0.25) is 9.59 Å². The number of benzene rings is 3. The lowest BCUT2D eigenvalue weighted by Crippen LogP contribution is -2.51. The molecule has 8 heteroatoms. The van der Waals surface area contributed by atoms with Crippen LogP contribution >= 0.6 is 27.5 Å². The van der Waals surface area contributed by atoms with E-state index in [9.17, 15) is 14.0 Å². The normalized spacial score (nSPS) is 11.6. The number of ether oxygens (including phenoxy) is 1. The highest BCUT2D eigenvalue weighted by molar-refractivity contribution is 9.10. The molecule has 0 spiro atoms. The molecule has 0 aliphatic carbocycles. The molecule has 0 aromatic heterocycles. The van der Waals surface area contributed by atoms with Crippen LogP contribution in [0.15, 0.2) is 77.3 Å². The standard InChI is InChI=1S/C28H29BrClFN2O3/c1-2-3-15-32-28(35)25(16-20-7-5-4-6-8-20)33(18-21-9-12-23(31)13-10-21)27(34)19-36-26-14-11-22(30)17-24(26)29/h4-14,17,25H,2-3,15-16,18-19H2,1H3,(H,32,35). The fraction of sp³-hybridized carbons (Fsp3) is 0.286. The van der Waals surface area contributed by atoms with Crippen molar-refractivity contribution < 1.29 is 18.7 Å². The van der Waals surface area contributed by atoms with E-state index in [1.807, 2.05) is 37.3 Å². The van der Waals surface area contributed by atoms with Gasteiger partial charge in [-0.15, -0.1) is 0 Å². The van der Waals surface area contributed by atoms with Crippen molar-refractivity contribution in [1.29, 1.82) is 0 Å². The monoisotopic (exact) mass is 574 g/mol. The van der Waals surface area contributed by atoms with Crippen LogP contribution in [0.25, 0.3) is 0 Å². The van der Waals surface area contributed by atoms with Gasteiger partial charge in [0.15, 0.2) is 6.61 Å². The Kier molecular flexibility index (Phi) is 10.8. The third-order valence-corrected chi connectivity index (χ3v) is 6.47. The molecule has 0 heterocycles. The van der Waals surface area contributed by atoms with Gasteiger partial charge >= 0.3 is 0 Å². The van der Waals surface area contributed by atoms with Gasteiger partial charge in [0.05, 0.1) is 4.47 Å². The Hall–Kier alpha value is -2.90. The molecular formula is C28H29BrClFN2O3. The number of amides is 2. The first kappa shape index (κ1) is 27.7. The van der Waals surface area contributed by atoms with Crippen LogP contribution in [0.2, 0.25) is 5.02 Å². The van der Waals surface area contributed by atoms with E-state index in [4.69, 9.17) is 16.3 Å². The second-order valence-electron chi connectivity index (χ2n) is 8.36. The fourth-order valence-corrected chi connectivity index (χ4v) is 4.46. The number of carbonyl (C=O) groups excluding carboxylic acids is 2. The van der Waals surface area contributed by atoms with E-state index in [0.717, 1.165) is 18.4 Å². The van der Waals surface area contributed by atoms with Crippen molar-refractivity contribution in [3.05, 3.63) is 99.2 Å². The molecule has 1 N–H and O–H groups in total. The second kappa shape index (κ2) is 14.0. The average molecular weight is 576 g/mol. The molecule has 0 saturated carbocycles. The molecule has 3 aromatic rings. The van der Waals surface area contributed by atoms with Crippen LogP contribution < -0.4 is 10.1 Å². The van der Waals surface area contributed by atoms with Crippen molar-refractivity contribution in [3.8, 4) is 5.75 Å². The summed E-state index contributed by atoms with van der Waals surface area (Å²) >= 11 is 9.40. The molecule has 3 rings (SSSR count). The van der Waals surface area contributed by atoms with Gasteiger partial charge < -0.3 is 15.0 Å². The Labute approximate surface area is 224 Å². The minimum atomic E-state index is -0.779. The number of carbonyl (C=O) groups is 2. The number of nitrogens with zero attached hydrogens (tertiary/aromatic N) is 1. The van der Waals surface area contributed by atoms with Gasteiger partial charge in [-0.2, -0.15) is 0 Å². The van der Waals surface area contributed by atoms with E-state index in [-0.39, 0.29) is 30.8 Å². The third kappa shape index (κ3) is 8.35. The number of unbranched alkanes of at least 4 members (excludes halogenated alkanes) is 1. The minimum absolute atomic E-state index is 0.128. The van der Waals surface area contributed by atoms with Gasteiger partial charge in [0.1, 0.15) is 17.6 Å². The van der Waals surface area contributed by atoms with Crippen LogP contribution in [-0.4, -0.2) is 35.9 Å². The zero-order chi connectivity index (χ0) is 25.9. The summed E-state index contributed by atoms with van der Waals surface area (Å²) in [6.45, 7) is 2.41. The zero-order valence-corrected chi connectivity index (χ0v) is 22.4. The van der Waals surface area contributed by atoms with Crippen LogP contribution in [-0.2, 0) is 22.6 Å². The Morgan fingerprint density at radius 3 is 2.44 bits per heavy atom. The average Bonchev–Trinajstić information content (AvgIpc) is 2.87. The summed E-state index contributed by atoms with van der Waals surface area (Å²) in [4.78, 5) is 28.4. The lowest BCUT2D eigenvalue weighted by molar-refractivity contribution is -0.142. The van der Waals surface area contributed by atoms with Crippen LogP contribution in [0, 0.1) is 5.82 Å². The third-order valence-electron chi connectivity index (χ3n) is 5.61. The van der Waals surface area contributed by atoms with Crippen LogP contribution in [0.5, 0.6) is 5.75 Å². The summed E-state index contributed by atoms with van der Waals surface area (Å²) in [7, 11) is 0. The molecule has 0 aliphatic heterocycles. The summed E-state index contributed by atoms with van der Waals surface area (Å²) in [5.74, 6) is -0.518. The van der Waals surface area contributed by atoms with Gasteiger partial charge in [0.2, 0.25) is 5.91 Å². The van der Waals surface area contributed by atoms with E-state index in [1.165, 1.54) is 17.0 Å². The van der Waals surface area contributed by atoms with Crippen molar-refractivity contribution in [2.45, 2.75) is 38.8 Å². The molecule has 0 bridgehead atoms. The van der Waals surface area contributed by atoms with Gasteiger partial charge in [-0.1, -0.05) is 67.4 Å². The maximum absolute atomic E-state index is 13.5. The molecule has 0 fully saturated rings. The Morgan fingerprint density at radius 2 is 1.78 bits per heavy atom. The minimum Gasteiger partial charge on any atom is -0.483 e. The molecular weight excluding hydrogens is 547 g/mol. The van der Waals surface area contributed by atoms with E-state index in [1.54, 1.807) is 30.3 Å². The molecule has 0 radical (unpaired) electrons. The number of nitrogens with one attached hydrogen (secondary N) is 1. The van der Waals surface area contributed by atoms with Crippen LogP contribution in [0.4, 0.5) is 4.39 Å². The summed E-state index contributed by atoms with van der Waals surface area (Å²) in [5, 5.41) is 3.50. The lowest BCUT2D eigenvalue weighted by atomic mass is 10.0. The maximum atomic E-state index is 13.5. The number of hydrogen-bond donors (Lipinski definition) is 1. The Balaban J connectivity index is 1.88. The molecule has 36 heavy (non-hydrogen) atoms. The summed E-state index contributed by atoms with van der Waals surface area (Å²) in [5.41, 5.74) is 1.63. The second-order valence-corrected chi connectivity index (χ2v) is 9.65. The Bertz CT molecular complexity index is 1150. The lowest BCUT2D eigenvalue weighted by Gasteiger charge is -2.31. The van der Waals surface area contributed by atoms with E-state index in [2.05, 4.69) is 21.2 Å². The maximum Gasteiger partial charge on any atom is 0.261 e. The predicted octanol–water partition coefficient (Wildman–Crippen LogP) is 6.18. The van der Waals surface area contributed by atoms with Gasteiger partial charge in [-0.05, 0) is 63.8 Å². The van der Waals surface area contributed by atoms with Crippen molar-refractivity contribution in [2.75, 3.05) is 13.2 Å². The Morgan fingerprint density at radius 1 is 1.06 bits per heavy atom. The van der Waals surface area contributed by atoms with Gasteiger partial charge in [-0.25, -0.2) is 4.39 Å². The quantitative estimate of drug-likeness (QED) is 0.263. The molecule has 3 aromatic carbocycles. The molecule has 190 valence electrons. The number of rotatable bonds is 12. The molecule has 0 aliphatic rings. The van der Waals surface area contributed by atoms with E-state index >= 15 is 0 Å². The predicted molar refractivity (Wildman–Crippen MR) is 143 cm³/mol. The van der Waals surface area contributed by atoms with Crippen LogP contribution in [0.1, 0.15) is 30.9 Å². The first-order chi connectivity index (χ1) is 17.4. The molecule has 5 nitrogen and oxygen atoms in total. The van der Waals surface area contributed by atoms with Crippen molar-refractivity contribution in [1.82, 2.24) is 10.2 Å². The highest BCUT2D eigenvalue weighted by Gasteiger charge is 2.30. The highest BCUT2D eigenvalue weighted by atomic mass is 79.9.